The highest BCUT2D eigenvalue weighted by atomic mass is 35.5. The van der Waals surface area contributed by atoms with E-state index in [-0.39, 0.29) is 5.76 Å². The Morgan fingerprint density at radius 3 is 3.26 bits per heavy atom. The van der Waals surface area contributed by atoms with Gasteiger partial charge in [0.05, 0.1) is 23.5 Å². The lowest BCUT2D eigenvalue weighted by molar-refractivity contribution is 0.0488. The zero-order valence-corrected chi connectivity index (χ0v) is 11.2. The molecule has 6 heteroatoms. The Labute approximate surface area is 115 Å². The van der Waals surface area contributed by atoms with E-state index < -0.39 is 5.97 Å². The van der Waals surface area contributed by atoms with E-state index in [1.807, 2.05) is 4.68 Å². The van der Waals surface area contributed by atoms with Gasteiger partial charge in [-0.05, 0) is 13.3 Å². The van der Waals surface area contributed by atoms with Crippen LogP contribution in [0.2, 0.25) is 5.02 Å². The molecule has 100 valence electrons. The third-order valence-electron chi connectivity index (χ3n) is 3.11. The number of nitrogens with zero attached hydrogens (tertiary/aromatic N) is 2. The summed E-state index contributed by atoms with van der Waals surface area (Å²) in [5.41, 5.74) is 1.65. The first-order valence-electron chi connectivity index (χ1n) is 6.22. The molecule has 0 fully saturated rings. The molecule has 0 N–H and O–H groups in total. The number of hydrogen-bond donors (Lipinski definition) is 0. The van der Waals surface area contributed by atoms with Crippen LogP contribution in [0.3, 0.4) is 0 Å². The molecule has 0 bridgehead atoms. The van der Waals surface area contributed by atoms with Crippen LogP contribution in [0.4, 0.5) is 0 Å². The van der Waals surface area contributed by atoms with Gasteiger partial charge >= 0.3 is 5.97 Å². The number of rotatable bonds is 2. The Morgan fingerprint density at radius 2 is 2.47 bits per heavy atom. The first-order valence-corrected chi connectivity index (χ1v) is 6.60. The lowest BCUT2D eigenvalue weighted by atomic mass is 10.1. The number of halogens is 1. The minimum Gasteiger partial charge on any atom is -0.460 e. The van der Waals surface area contributed by atoms with E-state index in [0.717, 1.165) is 36.4 Å². The molecule has 0 saturated heterocycles. The summed E-state index contributed by atoms with van der Waals surface area (Å²) >= 11 is 6.17. The lowest BCUT2D eigenvalue weighted by Gasteiger charge is -2.01. The largest absolute Gasteiger partial charge is 0.460 e. The fourth-order valence-electron chi connectivity index (χ4n) is 2.31. The third-order valence-corrected chi connectivity index (χ3v) is 3.39. The number of aryl methyl sites for hydroxylation is 2. The van der Waals surface area contributed by atoms with Crippen molar-refractivity contribution in [2.45, 2.75) is 26.3 Å². The van der Waals surface area contributed by atoms with Crippen LogP contribution >= 0.6 is 11.6 Å². The highest BCUT2D eigenvalue weighted by molar-refractivity contribution is 6.33. The molecule has 0 aliphatic carbocycles. The zero-order chi connectivity index (χ0) is 13.4. The van der Waals surface area contributed by atoms with Crippen LogP contribution in [0, 0.1) is 0 Å². The second kappa shape index (κ2) is 4.74. The van der Waals surface area contributed by atoms with Crippen molar-refractivity contribution in [1.29, 1.82) is 0 Å². The van der Waals surface area contributed by atoms with E-state index in [2.05, 4.69) is 5.10 Å². The van der Waals surface area contributed by atoms with Crippen molar-refractivity contribution in [1.82, 2.24) is 9.78 Å². The summed E-state index contributed by atoms with van der Waals surface area (Å²) in [4.78, 5) is 11.7. The van der Waals surface area contributed by atoms with E-state index in [1.54, 1.807) is 19.2 Å². The van der Waals surface area contributed by atoms with E-state index in [9.17, 15) is 4.79 Å². The molecule has 2 aromatic rings. The molecule has 0 spiro atoms. The molecule has 19 heavy (non-hydrogen) atoms. The zero-order valence-electron chi connectivity index (χ0n) is 10.5. The number of carbonyl (C=O) groups excluding carboxylic acids is 1. The van der Waals surface area contributed by atoms with Crippen LogP contribution in [-0.4, -0.2) is 22.4 Å². The number of esters is 1. The molecular formula is C13H13ClN2O3. The van der Waals surface area contributed by atoms with Crippen LogP contribution in [0.1, 0.15) is 29.7 Å². The average molecular weight is 281 g/mol. The van der Waals surface area contributed by atoms with E-state index in [1.165, 1.54) is 0 Å². The van der Waals surface area contributed by atoms with Crippen molar-refractivity contribution < 1.29 is 13.9 Å². The van der Waals surface area contributed by atoms with Crippen molar-refractivity contribution in [3.8, 4) is 11.3 Å². The molecule has 0 unspecified atom stereocenters. The van der Waals surface area contributed by atoms with Crippen LogP contribution in [0.25, 0.3) is 11.3 Å². The molecule has 3 heterocycles. The topological polar surface area (TPSA) is 57.3 Å². The predicted molar refractivity (Wildman–Crippen MR) is 69.2 cm³/mol. The minimum atomic E-state index is -0.447. The Kier molecular flexibility index (Phi) is 3.06. The maximum atomic E-state index is 11.7. The van der Waals surface area contributed by atoms with Crippen molar-refractivity contribution in [2.75, 3.05) is 6.61 Å². The van der Waals surface area contributed by atoms with Crippen LogP contribution < -0.4 is 0 Å². The number of carbonyl (C=O) groups is 1. The van der Waals surface area contributed by atoms with E-state index in [0.29, 0.717) is 11.6 Å². The Balaban J connectivity index is 2.08. The van der Waals surface area contributed by atoms with Gasteiger partial charge in [-0.25, -0.2) is 4.79 Å². The molecule has 1 aliphatic rings. The Bertz CT molecular complexity index is 630. The fourth-order valence-corrected chi connectivity index (χ4v) is 2.55. The number of ether oxygens (including phenoxy) is 1. The molecule has 0 radical (unpaired) electrons. The standard InChI is InChI=1S/C13H13ClN2O3/c1-2-18-13(17)11-6-8-10(19-11)4-3-5-16-12(8)9(14)7-15-16/h6-7H,2-5H2,1H3. The molecule has 1 aliphatic heterocycles. The summed E-state index contributed by atoms with van der Waals surface area (Å²) < 4.78 is 12.4. The van der Waals surface area contributed by atoms with Gasteiger partial charge < -0.3 is 9.15 Å². The number of hydrogen-bond acceptors (Lipinski definition) is 4. The van der Waals surface area contributed by atoms with Gasteiger partial charge in [-0.3, -0.25) is 4.68 Å². The second-order valence-corrected chi connectivity index (χ2v) is 4.74. The number of furan rings is 1. The van der Waals surface area contributed by atoms with Gasteiger partial charge in [0, 0.05) is 24.6 Å². The van der Waals surface area contributed by atoms with E-state index in [4.69, 9.17) is 20.8 Å². The van der Waals surface area contributed by atoms with Crippen molar-refractivity contribution in [3.63, 3.8) is 0 Å². The normalized spacial score (nSPS) is 13.6. The molecule has 2 aromatic heterocycles. The van der Waals surface area contributed by atoms with Gasteiger partial charge in [0.25, 0.3) is 0 Å². The van der Waals surface area contributed by atoms with Gasteiger partial charge in [-0.2, -0.15) is 5.10 Å². The molecular weight excluding hydrogens is 268 g/mol. The van der Waals surface area contributed by atoms with Crippen LogP contribution in [0.15, 0.2) is 16.7 Å². The highest BCUT2D eigenvalue weighted by Crippen LogP contribution is 2.35. The van der Waals surface area contributed by atoms with E-state index >= 15 is 0 Å². The third kappa shape index (κ3) is 2.04. The number of aromatic nitrogens is 2. The quantitative estimate of drug-likeness (QED) is 0.794. The van der Waals surface area contributed by atoms with Gasteiger partial charge in [0.1, 0.15) is 5.76 Å². The fraction of sp³-hybridized carbons (Fsp3) is 0.385. The summed E-state index contributed by atoms with van der Waals surface area (Å²) in [6.45, 7) is 2.88. The Morgan fingerprint density at radius 1 is 1.63 bits per heavy atom. The second-order valence-electron chi connectivity index (χ2n) is 4.34. The first kappa shape index (κ1) is 12.3. The molecule has 0 aromatic carbocycles. The van der Waals surface area contributed by atoms with Crippen LogP contribution in [0.5, 0.6) is 0 Å². The van der Waals surface area contributed by atoms with Crippen molar-refractivity contribution in [3.05, 3.63) is 28.8 Å². The van der Waals surface area contributed by atoms with Crippen LogP contribution in [-0.2, 0) is 17.7 Å². The minimum absolute atomic E-state index is 0.220. The smallest absolute Gasteiger partial charge is 0.374 e. The van der Waals surface area contributed by atoms with Gasteiger partial charge in [0.15, 0.2) is 0 Å². The van der Waals surface area contributed by atoms with Gasteiger partial charge in [-0.1, -0.05) is 11.6 Å². The summed E-state index contributed by atoms with van der Waals surface area (Å²) in [6, 6.07) is 1.69. The van der Waals surface area contributed by atoms with Crippen molar-refractivity contribution >= 4 is 17.6 Å². The van der Waals surface area contributed by atoms with Gasteiger partial charge in [0.2, 0.25) is 5.76 Å². The molecule has 0 amide bonds. The summed E-state index contributed by atoms with van der Waals surface area (Å²) in [7, 11) is 0. The first-order chi connectivity index (χ1) is 9.20. The number of fused-ring (bicyclic) bond motifs is 3. The predicted octanol–water partition coefficient (Wildman–Crippen LogP) is 2.92. The summed E-state index contributed by atoms with van der Waals surface area (Å²) in [5, 5.41) is 4.80. The average Bonchev–Trinajstić information content (AvgIpc) is 2.90. The highest BCUT2D eigenvalue weighted by Gasteiger charge is 2.25. The maximum Gasteiger partial charge on any atom is 0.374 e. The summed E-state index contributed by atoms with van der Waals surface area (Å²) in [5.74, 6) is 0.541. The Hall–Kier alpha value is -1.75. The molecule has 3 rings (SSSR count). The van der Waals surface area contributed by atoms with Crippen molar-refractivity contribution in [2.24, 2.45) is 0 Å². The lowest BCUT2D eigenvalue weighted by Crippen LogP contribution is -2.03. The molecule has 0 atom stereocenters. The summed E-state index contributed by atoms with van der Waals surface area (Å²) in [6.07, 6.45) is 3.27. The SMILES string of the molecule is CCOC(=O)c1cc2c(o1)CCCn1ncc(Cl)c1-2. The molecule has 5 nitrogen and oxygen atoms in total. The monoisotopic (exact) mass is 280 g/mol. The maximum absolute atomic E-state index is 11.7. The molecule has 0 saturated carbocycles. The van der Waals surface area contributed by atoms with Gasteiger partial charge in [-0.15, -0.1) is 0 Å².